The van der Waals surface area contributed by atoms with Crippen LogP contribution in [-0.2, 0) is 20.7 Å². The lowest BCUT2D eigenvalue weighted by atomic mass is 9.94. The van der Waals surface area contributed by atoms with Gasteiger partial charge in [-0.1, -0.05) is 6.07 Å². The molecule has 1 N–H and O–H groups in total. The van der Waals surface area contributed by atoms with E-state index < -0.39 is 17.7 Å². The second-order valence-electron chi connectivity index (χ2n) is 8.15. The number of ether oxygens (including phenoxy) is 2. The second kappa shape index (κ2) is 8.15. The standard InChI is InChI=1S/C24H24N2O5/c27-22(16-7-8-19-15(12-16)5-2-11-31-19)20-21(17-4-1-9-25-13-17)26(24(29)23(20)28)14-18-6-3-10-30-18/h1,4,7-9,12-13,18,21,27H,2-3,5-6,10-11,14H2/b22-20-. The van der Waals surface area contributed by atoms with Crippen molar-refractivity contribution in [3.05, 3.63) is 65.0 Å². The number of fused-ring (bicyclic) bond motifs is 1. The molecular formula is C24H24N2O5. The molecule has 2 aromatic rings. The molecule has 2 fully saturated rings. The molecule has 4 heterocycles. The highest BCUT2D eigenvalue weighted by Crippen LogP contribution is 2.40. The average Bonchev–Trinajstić information content (AvgIpc) is 3.41. The van der Waals surface area contributed by atoms with Gasteiger partial charge in [0, 0.05) is 31.1 Å². The highest BCUT2D eigenvalue weighted by molar-refractivity contribution is 6.46. The molecule has 1 aromatic carbocycles. The van der Waals surface area contributed by atoms with Gasteiger partial charge < -0.3 is 19.5 Å². The summed E-state index contributed by atoms with van der Waals surface area (Å²) in [4.78, 5) is 31.8. The van der Waals surface area contributed by atoms with E-state index in [1.54, 1.807) is 24.5 Å². The molecule has 0 bridgehead atoms. The van der Waals surface area contributed by atoms with Gasteiger partial charge in [0.05, 0.1) is 24.3 Å². The fourth-order valence-corrected chi connectivity index (χ4v) is 4.62. The molecule has 0 aliphatic carbocycles. The molecule has 0 saturated carbocycles. The maximum atomic E-state index is 13.1. The Morgan fingerprint density at radius 2 is 2.10 bits per heavy atom. The number of carbonyl (C=O) groups is 2. The first-order valence-corrected chi connectivity index (χ1v) is 10.7. The molecule has 160 valence electrons. The van der Waals surface area contributed by atoms with Crippen LogP contribution >= 0.6 is 0 Å². The molecule has 0 radical (unpaired) electrons. The van der Waals surface area contributed by atoms with Gasteiger partial charge in [0.1, 0.15) is 11.5 Å². The quantitative estimate of drug-likeness (QED) is 0.465. The van der Waals surface area contributed by atoms with E-state index in [1.807, 2.05) is 18.2 Å². The maximum Gasteiger partial charge on any atom is 0.295 e. The zero-order valence-electron chi connectivity index (χ0n) is 17.1. The van der Waals surface area contributed by atoms with E-state index in [0.29, 0.717) is 30.9 Å². The largest absolute Gasteiger partial charge is 0.507 e. The molecule has 2 unspecified atom stereocenters. The Bertz CT molecular complexity index is 1040. The molecule has 7 heteroatoms. The summed E-state index contributed by atoms with van der Waals surface area (Å²) in [5.74, 6) is -0.675. The molecule has 31 heavy (non-hydrogen) atoms. The van der Waals surface area contributed by atoms with Crippen LogP contribution in [-0.4, -0.2) is 52.5 Å². The SMILES string of the molecule is O=C1C(=O)N(CC2CCCO2)C(c2cccnc2)/C1=C(/O)c1ccc2c(c1)CCCO2. The van der Waals surface area contributed by atoms with Crippen molar-refractivity contribution in [2.45, 2.75) is 37.8 Å². The summed E-state index contributed by atoms with van der Waals surface area (Å²) in [6, 6.07) is 8.26. The minimum atomic E-state index is -0.704. The molecule has 5 rings (SSSR count). The van der Waals surface area contributed by atoms with Gasteiger partial charge in [0.25, 0.3) is 11.7 Å². The van der Waals surface area contributed by atoms with Crippen molar-refractivity contribution in [3.8, 4) is 5.75 Å². The predicted octanol–water partition coefficient (Wildman–Crippen LogP) is 3.01. The Labute approximate surface area is 180 Å². The molecule has 2 saturated heterocycles. The van der Waals surface area contributed by atoms with E-state index >= 15 is 0 Å². The van der Waals surface area contributed by atoms with Crippen LogP contribution in [0, 0.1) is 0 Å². The summed E-state index contributed by atoms with van der Waals surface area (Å²) in [5, 5.41) is 11.2. The highest BCUT2D eigenvalue weighted by atomic mass is 16.5. The number of likely N-dealkylation sites (tertiary alicyclic amines) is 1. The van der Waals surface area contributed by atoms with E-state index in [0.717, 1.165) is 37.0 Å². The van der Waals surface area contributed by atoms with Gasteiger partial charge in [-0.05, 0) is 61.1 Å². The number of ketones is 1. The van der Waals surface area contributed by atoms with Crippen molar-refractivity contribution in [1.82, 2.24) is 9.88 Å². The Morgan fingerprint density at radius 3 is 2.87 bits per heavy atom. The summed E-state index contributed by atoms with van der Waals surface area (Å²) in [7, 11) is 0. The number of benzene rings is 1. The average molecular weight is 420 g/mol. The number of amides is 1. The third kappa shape index (κ3) is 3.59. The summed E-state index contributed by atoms with van der Waals surface area (Å²) in [6.07, 6.45) is 6.68. The third-order valence-corrected chi connectivity index (χ3v) is 6.15. The predicted molar refractivity (Wildman–Crippen MR) is 112 cm³/mol. The van der Waals surface area contributed by atoms with Crippen LogP contribution in [0.3, 0.4) is 0 Å². The van der Waals surface area contributed by atoms with E-state index in [2.05, 4.69) is 4.98 Å². The van der Waals surface area contributed by atoms with Crippen LogP contribution in [0.1, 0.15) is 42.0 Å². The van der Waals surface area contributed by atoms with Gasteiger partial charge in [0.2, 0.25) is 0 Å². The van der Waals surface area contributed by atoms with Crippen molar-refractivity contribution in [2.24, 2.45) is 0 Å². The number of aromatic nitrogens is 1. The van der Waals surface area contributed by atoms with Crippen LogP contribution in [0.25, 0.3) is 5.76 Å². The molecule has 1 amide bonds. The van der Waals surface area contributed by atoms with Gasteiger partial charge in [-0.2, -0.15) is 0 Å². The van der Waals surface area contributed by atoms with Crippen molar-refractivity contribution >= 4 is 17.4 Å². The second-order valence-corrected chi connectivity index (χ2v) is 8.15. The number of nitrogens with zero attached hydrogens (tertiary/aromatic N) is 2. The van der Waals surface area contributed by atoms with E-state index in [1.165, 1.54) is 4.90 Å². The number of pyridine rings is 1. The van der Waals surface area contributed by atoms with E-state index in [-0.39, 0.29) is 17.4 Å². The molecule has 1 aromatic heterocycles. The number of hydrogen-bond acceptors (Lipinski definition) is 6. The van der Waals surface area contributed by atoms with Gasteiger partial charge in [-0.3, -0.25) is 14.6 Å². The number of rotatable bonds is 4. The van der Waals surface area contributed by atoms with Gasteiger partial charge >= 0.3 is 0 Å². The van der Waals surface area contributed by atoms with Crippen LogP contribution < -0.4 is 4.74 Å². The topological polar surface area (TPSA) is 89.0 Å². The Balaban J connectivity index is 1.59. The van der Waals surface area contributed by atoms with Crippen molar-refractivity contribution < 1.29 is 24.2 Å². The first-order valence-electron chi connectivity index (χ1n) is 10.7. The molecular weight excluding hydrogens is 396 g/mol. The first-order chi connectivity index (χ1) is 15.1. The lowest BCUT2D eigenvalue weighted by Crippen LogP contribution is -2.36. The number of aryl methyl sites for hydroxylation is 1. The van der Waals surface area contributed by atoms with Crippen LogP contribution in [0.4, 0.5) is 0 Å². The Kier molecular flexibility index (Phi) is 5.19. The third-order valence-electron chi connectivity index (χ3n) is 6.15. The lowest BCUT2D eigenvalue weighted by Gasteiger charge is -2.27. The molecule has 2 atom stereocenters. The fourth-order valence-electron chi connectivity index (χ4n) is 4.62. The summed E-state index contributed by atoms with van der Waals surface area (Å²) in [5.41, 5.74) is 2.27. The minimum Gasteiger partial charge on any atom is -0.507 e. The zero-order valence-corrected chi connectivity index (χ0v) is 17.1. The smallest absolute Gasteiger partial charge is 0.295 e. The van der Waals surface area contributed by atoms with Crippen LogP contribution in [0.2, 0.25) is 0 Å². The van der Waals surface area contributed by atoms with E-state index in [9.17, 15) is 14.7 Å². The van der Waals surface area contributed by atoms with Crippen LogP contribution in [0.15, 0.2) is 48.3 Å². The van der Waals surface area contributed by atoms with Crippen molar-refractivity contribution in [1.29, 1.82) is 0 Å². The zero-order chi connectivity index (χ0) is 21.4. The monoisotopic (exact) mass is 420 g/mol. The molecule has 3 aliphatic heterocycles. The van der Waals surface area contributed by atoms with E-state index in [4.69, 9.17) is 9.47 Å². The van der Waals surface area contributed by atoms with Crippen LogP contribution in [0.5, 0.6) is 5.75 Å². The number of hydrogen-bond donors (Lipinski definition) is 1. The Hall–Kier alpha value is -3.19. The molecule has 7 nitrogen and oxygen atoms in total. The van der Waals surface area contributed by atoms with Gasteiger partial charge in [-0.15, -0.1) is 0 Å². The number of aliphatic hydroxyl groups excluding tert-OH is 1. The minimum absolute atomic E-state index is 0.0904. The number of carbonyl (C=O) groups excluding carboxylic acids is 2. The summed E-state index contributed by atoms with van der Waals surface area (Å²) >= 11 is 0. The first kappa shape index (κ1) is 19.8. The summed E-state index contributed by atoms with van der Waals surface area (Å²) in [6.45, 7) is 1.63. The Morgan fingerprint density at radius 1 is 1.19 bits per heavy atom. The normalized spacial score (nSPS) is 24.8. The highest BCUT2D eigenvalue weighted by Gasteiger charge is 2.47. The van der Waals surface area contributed by atoms with Crippen molar-refractivity contribution in [3.63, 3.8) is 0 Å². The lowest BCUT2D eigenvalue weighted by molar-refractivity contribution is -0.140. The molecule has 3 aliphatic rings. The summed E-state index contributed by atoms with van der Waals surface area (Å²) < 4.78 is 11.4. The van der Waals surface area contributed by atoms with Crippen molar-refractivity contribution in [2.75, 3.05) is 19.8 Å². The van der Waals surface area contributed by atoms with Gasteiger partial charge in [-0.25, -0.2) is 0 Å². The van der Waals surface area contributed by atoms with Gasteiger partial charge in [0.15, 0.2) is 0 Å². The number of aliphatic hydroxyl groups is 1. The number of Topliss-reactive ketones (excluding diaryl/α,β-unsaturated/α-hetero) is 1. The fraction of sp³-hybridized carbons (Fsp3) is 0.375. The molecule has 0 spiro atoms. The maximum absolute atomic E-state index is 13.1.